The van der Waals surface area contributed by atoms with Crippen molar-refractivity contribution in [2.75, 3.05) is 0 Å². The zero-order chi connectivity index (χ0) is 93.8. The Kier molecular flexibility index (Phi) is 19.1. The number of hydrogen-bond donors (Lipinski definition) is 0. The predicted molar refractivity (Wildman–Crippen MR) is 604 cm³/mol. The summed E-state index contributed by atoms with van der Waals surface area (Å²) in [5.41, 5.74) is 43.6. The van der Waals surface area contributed by atoms with Crippen LogP contribution < -0.4 is 47.7 Å². The summed E-state index contributed by atoms with van der Waals surface area (Å²) in [6.07, 6.45) is 0. The van der Waals surface area contributed by atoms with E-state index in [-0.39, 0.29) is 16.2 Å². The van der Waals surface area contributed by atoms with Crippen LogP contribution in [0.2, 0.25) is 0 Å². The SMILES string of the molecule is CC1(C)c2cc(-c3ccccc3)ccc2-c2c1cc(-c1ccccc1)c1c2P(c2ccccc2)c2cc(-c3ccccc3)cc3c4ccccc4n-1c23.CC1(C)c2cc(-c3ccccc3)ccc2-c2c1cc(-c1ccccc1)c1c2P(c2ccccc2)c2cccc3c4ccccc4n-1c23.CC1(C)c2cc(-c3ccccc3)ccc2-c2c1ccc1c2P(c2ccccc2)c2cccc3c4ccccc4n-1c23. The van der Waals surface area contributed by atoms with Crippen molar-refractivity contribution in [1.82, 2.24) is 13.7 Å². The van der Waals surface area contributed by atoms with Crippen LogP contribution in [0.15, 0.2) is 473 Å². The summed E-state index contributed by atoms with van der Waals surface area (Å²) >= 11 is 0. The molecule has 3 atom stereocenters. The van der Waals surface area contributed by atoms with Gasteiger partial charge in [0.1, 0.15) is 0 Å². The molecule has 0 saturated heterocycles. The molecule has 3 aliphatic carbocycles. The van der Waals surface area contributed by atoms with Crippen molar-refractivity contribution in [2.24, 2.45) is 0 Å². The van der Waals surface area contributed by atoms with Crippen LogP contribution in [0.3, 0.4) is 0 Å². The standard InChI is InChI=1S/C51H36NP.C45H32NP.C39H28NP/c1-51(2)43-30-36(33-17-7-3-8-18-33)27-28-40(43)47-44(51)32-41(35-21-11-5-12-22-35)49-50(47)53(38-23-13-6-14-24-38)46-31-37(34-19-9-4-10-20-34)29-42-39-25-15-16-26-45(39)52(49)48(42)46;1-45(2)37-27-31(29-15-6-3-7-16-29)25-26-35(37)41-38(45)28-36(30-17-8-4-9-18-30)43-44(41)47(32-19-10-5-11-20-32)40-24-14-22-34-33-21-12-13-23-39(33)46(43)42(34)40;1-39(2)31-22-23-34-38(36(31)30-21-20-26(24-32(30)39)25-12-5-3-6-13-25)41(27-14-7-4-8-15-27)35-19-11-17-29-28-16-9-10-18-33(28)40(34)37(29)35/h3-32H,1-2H3;3-28H,1-2H3;3-24H,1-2H3. The summed E-state index contributed by atoms with van der Waals surface area (Å²) < 4.78 is 7.81. The fourth-order valence-corrected chi connectivity index (χ4v) is 33.4. The first-order valence-corrected chi connectivity index (χ1v) is 53.4. The second-order valence-electron chi connectivity index (χ2n) is 40.1. The van der Waals surface area contributed by atoms with E-state index in [1.807, 2.05) is 0 Å². The van der Waals surface area contributed by atoms with E-state index in [0.717, 1.165) is 0 Å². The molecule has 24 aromatic rings. The van der Waals surface area contributed by atoms with Crippen LogP contribution in [-0.2, 0) is 16.2 Å². The molecule has 0 saturated carbocycles. The van der Waals surface area contributed by atoms with Gasteiger partial charge in [-0.05, 0) is 229 Å². The lowest BCUT2D eigenvalue weighted by Crippen LogP contribution is -2.32. The summed E-state index contributed by atoms with van der Waals surface area (Å²) in [4.78, 5) is 0. The molecule has 6 heterocycles. The second kappa shape index (κ2) is 32.2. The number of rotatable bonds is 9. The van der Waals surface area contributed by atoms with Crippen LogP contribution in [0.1, 0.15) is 74.9 Å². The van der Waals surface area contributed by atoms with Gasteiger partial charge in [0.25, 0.3) is 0 Å². The van der Waals surface area contributed by atoms with E-state index >= 15 is 0 Å². The van der Waals surface area contributed by atoms with Gasteiger partial charge in [-0.15, -0.1) is 0 Å². The third-order valence-electron chi connectivity index (χ3n) is 31.4. The minimum absolute atomic E-state index is 0.0901. The van der Waals surface area contributed by atoms with Gasteiger partial charge in [0.05, 0.1) is 50.2 Å². The molecule has 21 aromatic carbocycles. The molecule has 141 heavy (non-hydrogen) atoms. The van der Waals surface area contributed by atoms with E-state index in [2.05, 4.69) is 528 Å². The topological polar surface area (TPSA) is 14.8 Å². The maximum atomic E-state index is 2.64. The minimum atomic E-state index is -0.979. The largest absolute Gasteiger partial charge is 0.308 e. The summed E-state index contributed by atoms with van der Waals surface area (Å²) in [5.74, 6) is 0. The van der Waals surface area contributed by atoms with Gasteiger partial charge >= 0.3 is 0 Å². The molecular weight excluding hydrogens is 1760 g/mol. The van der Waals surface area contributed by atoms with Crippen LogP contribution in [0.5, 0.6) is 0 Å². The normalized spacial score (nSPS) is 15.4. The van der Waals surface area contributed by atoms with E-state index < -0.39 is 23.8 Å². The highest BCUT2D eigenvalue weighted by molar-refractivity contribution is 7.81. The number of fused-ring (bicyclic) bond motifs is 27. The van der Waals surface area contributed by atoms with Gasteiger partial charge in [-0.2, -0.15) is 0 Å². The van der Waals surface area contributed by atoms with Gasteiger partial charge in [0.2, 0.25) is 0 Å². The molecule has 6 heteroatoms. The van der Waals surface area contributed by atoms with Crippen molar-refractivity contribution >= 4 is 137 Å². The summed E-state index contributed by atoms with van der Waals surface area (Å²) in [7, 11) is -2.62. The third-order valence-corrected chi connectivity index (χ3v) is 39.0. The second-order valence-corrected chi connectivity index (χ2v) is 46.5. The first kappa shape index (κ1) is 83.5. The monoisotopic (exact) mass is 1850 g/mol. The molecular formula is C135H96N3P3. The first-order chi connectivity index (χ1) is 69.3. The molecule has 6 aliphatic rings. The maximum Gasteiger partial charge on any atom is 0.0630 e. The highest BCUT2D eigenvalue weighted by Crippen LogP contribution is 2.62. The lowest BCUT2D eigenvalue weighted by atomic mass is 9.80. The van der Waals surface area contributed by atoms with Gasteiger partial charge in [-0.1, -0.05) is 448 Å². The van der Waals surface area contributed by atoms with Crippen molar-refractivity contribution in [3.63, 3.8) is 0 Å². The first-order valence-electron chi connectivity index (χ1n) is 49.4. The number of benzene rings is 21. The molecule has 666 valence electrons. The molecule has 0 spiro atoms. The van der Waals surface area contributed by atoms with Gasteiger partial charge in [-0.25, -0.2) is 0 Å². The highest BCUT2D eigenvalue weighted by atomic mass is 31.1. The van der Waals surface area contributed by atoms with Crippen molar-refractivity contribution in [1.29, 1.82) is 0 Å². The molecule has 0 fully saturated rings. The molecule has 0 bridgehead atoms. The molecule has 30 rings (SSSR count). The molecule has 3 aromatic heterocycles. The average Bonchev–Trinajstić information content (AvgIpc) is 1.53. The molecule has 0 amide bonds. The zero-order valence-electron chi connectivity index (χ0n) is 79.2. The maximum absolute atomic E-state index is 2.64. The van der Waals surface area contributed by atoms with Crippen LogP contribution in [0, 0.1) is 0 Å². The highest BCUT2D eigenvalue weighted by Gasteiger charge is 2.48. The molecule has 3 aliphatic heterocycles. The fourth-order valence-electron chi connectivity index (χ4n) is 24.9. The van der Waals surface area contributed by atoms with Crippen LogP contribution in [-0.4, -0.2) is 13.7 Å². The number of aromatic nitrogens is 3. The van der Waals surface area contributed by atoms with E-state index in [9.17, 15) is 0 Å². The minimum Gasteiger partial charge on any atom is -0.308 e. The molecule has 0 N–H and O–H groups in total. The van der Waals surface area contributed by atoms with Crippen LogP contribution in [0.4, 0.5) is 0 Å². The predicted octanol–water partition coefficient (Wildman–Crippen LogP) is 31.5. The lowest BCUT2D eigenvalue weighted by Gasteiger charge is -2.34. The Morgan fingerprint density at radius 3 is 0.872 bits per heavy atom. The number of para-hydroxylation sites is 5. The van der Waals surface area contributed by atoms with E-state index in [1.54, 1.807) is 0 Å². The summed E-state index contributed by atoms with van der Waals surface area (Å²) in [5, 5.41) is 20.9. The molecule has 0 radical (unpaired) electrons. The number of nitrogens with zero attached hydrogens (tertiary/aromatic N) is 3. The Labute approximate surface area is 826 Å². The van der Waals surface area contributed by atoms with Crippen molar-refractivity contribution in [3.8, 4) is 117 Å². The third kappa shape index (κ3) is 12.5. The van der Waals surface area contributed by atoms with Crippen molar-refractivity contribution in [3.05, 3.63) is 507 Å². The van der Waals surface area contributed by atoms with Crippen molar-refractivity contribution in [2.45, 2.75) is 57.8 Å². The van der Waals surface area contributed by atoms with Crippen LogP contribution >= 0.6 is 23.8 Å². The lowest BCUT2D eigenvalue weighted by molar-refractivity contribution is 0.660. The van der Waals surface area contributed by atoms with Gasteiger partial charge in [0.15, 0.2) is 0 Å². The summed E-state index contributed by atoms with van der Waals surface area (Å²) in [6, 6.07) is 177. The fraction of sp³-hybridized carbons (Fsp3) is 0.0667. The average molecular weight is 1850 g/mol. The van der Waals surface area contributed by atoms with Crippen molar-refractivity contribution < 1.29 is 0 Å². The Balaban J connectivity index is 0.000000104. The smallest absolute Gasteiger partial charge is 0.0630 e. The molecule has 3 unspecified atom stereocenters. The van der Waals surface area contributed by atoms with Crippen LogP contribution in [0.25, 0.3) is 183 Å². The Morgan fingerprint density at radius 1 is 0.177 bits per heavy atom. The van der Waals surface area contributed by atoms with Gasteiger partial charge in [0, 0.05) is 91.5 Å². The summed E-state index contributed by atoms with van der Waals surface area (Å²) in [6.45, 7) is 14.5. The van der Waals surface area contributed by atoms with Gasteiger partial charge in [-0.3, -0.25) is 0 Å². The van der Waals surface area contributed by atoms with E-state index in [1.165, 1.54) is 264 Å². The van der Waals surface area contributed by atoms with E-state index in [4.69, 9.17) is 0 Å². The van der Waals surface area contributed by atoms with Gasteiger partial charge < -0.3 is 13.7 Å². The van der Waals surface area contributed by atoms with E-state index in [0.29, 0.717) is 0 Å². The Hall–Kier alpha value is -15.7. The quantitative estimate of drug-likeness (QED) is 0.128. The molecule has 3 nitrogen and oxygen atoms in total. The Morgan fingerprint density at radius 2 is 0.475 bits per heavy atom. The number of hydrogen-bond acceptors (Lipinski definition) is 0. The Bertz CT molecular complexity index is 9280. The zero-order valence-corrected chi connectivity index (χ0v) is 81.9.